The smallest absolute Gasteiger partial charge is 0.286 e. The molecule has 2 aromatic heterocycles. The number of fused-ring (bicyclic) bond motifs is 1. The molecule has 2 aromatic carbocycles. The number of rotatable bonds is 6. The number of nitrogens with zero attached hydrogens (tertiary/aromatic N) is 3. The summed E-state index contributed by atoms with van der Waals surface area (Å²) in [6.07, 6.45) is 2.40. The van der Waals surface area contributed by atoms with Gasteiger partial charge in [-0.3, -0.25) is 19.3 Å². The van der Waals surface area contributed by atoms with E-state index in [0.717, 1.165) is 5.56 Å². The van der Waals surface area contributed by atoms with E-state index in [4.69, 9.17) is 16.3 Å². The zero-order chi connectivity index (χ0) is 22.0. The Balaban J connectivity index is 1.45. The zero-order valence-corrected chi connectivity index (χ0v) is 17.1. The number of aromatic nitrogens is 2. The molecule has 31 heavy (non-hydrogen) atoms. The Kier molecular flexibility index (Phi) is 5.55. The highest BCUT2D eigenvalue weighted by Crippen LogP contribution is 2.25. The third kappa shape index (κ3) is 4.49. The van der Waals surface area contributed by atoms with Crippen LogP contribution in [0.25, 0.3) is 16.9 Å². The first-order valence-electron chi connectivity index (χ1n) is 9.36. The van der Waals surface area contributed by atoms with Crippen molar-refractivity contribution in [2.24, 2.45) is 0 Å². The van der Waals surface area contributed by atoms with Crippen LogP contribution in [0.1, 0.15) is 6.92 Å². The number of hydrogen-bond donors (Lipinski definition) is 1. The number of hydrogen-bond acceptors (Lipinski definition) is 5. The van der Waals surface area contributed by atoms with Crippen LogP contribution in [0.2, 0.25) is 5.02 Å². The van der Waals surface area contributed by atoms with E-state index in [2.05, 4.69) is 10.3 Å². The second kappa shape index (κ2) is 8.45. The normalized spacial score (nSPS) is 11.8. The summed E-state index contributed by atoms with van der Waals surface area (Å²) in [5.74, 6) is 0.198. The molecular weight excluding hydrogens is 420 g/mol. The van der Waals surface area contributed by atoms with E-state index in [9.17, 15) is 14.9 Å². The summed E-state index contributed by atoms with van der Waals surface area (Å²) < 4.78 is 7.33. The van der Waals surface area contributed by atoms with Crippen LogP contribution in [-0.4, -0.2) is 26.3 Å². The third-order valence-corrected chi connectivity index (χ3v) is 4.94. The fourth-order valence-corrected chi connectivity index (χ4v) is 3.17. The van der Waals surface area contributed by atoms with Crippen LogP contribution in [0.4, 0.5) is 11.4 Å². The zero-order valence-electron chi connectivity index (χ0n) is 16.4. The van der Waals surface area contributed by atoms with Gasteiger partial charge in [0.2, 0.25) is 0 Å². The van der Waals surface area contributed by atoms with Gasteiger partial charge in [-0.25, -0.2) is 4.98 Å². The van der Waals surface area contributed by atoms with Gasteiger partial charge in [-0.2, -0.15) is 0 Å². The maximum Gasteiger partial charge on any atom is 0.286 e. The van der Waals surface area contributed by atoms with Crippen molar-refractivity contribution in [2.75, 3.05) is 5.32 Å². The summed E-state index contributed by atoms with van der Waals surface area (Å²) in [4.78, 5) is 27.3. The van der Waals surface area contributed by atoms with Crippen molar-refractivity contribution in [1.82, 2.24) is 9.38 Å². The fraction of sp³-hybridized carbons (Fsp3) is 0.0909. The molecule has 8 nitrogen and oxygen atoms in total. The Morgan fingerprint density at radius 3 is 2.58 bits per heavy atom. The third-order valence-electron chi connectivity index (χ3n) is 4.61. The van der Waals surface area contributed by atoms with Crippen LogP contribution in [0.15, 0.2) is 73.1 Å². The standard InChI is InChI=1S/C22H17ClN4O4/c1-14(22(28)25-19-5-3-2-4-18(19)23)31-17-9-6-15(7-10-17)20-13-26-12-16(27(29)30)8-11-21(26)24-20/h2-14H,1H3,(H,25,28). The van der Waals surface area contributed by atoms with E-state index >= 15 is 0 Å². The number of benzene rings is 2. The number of anilines is 1. The van der Waals surface area contributed by atoms with Gasteiger partial charge in [-0.05, 0) is 49.4 Å². The molecule has 1 amide bonds. The van der Waals surface area contributed by atoms with Gasteiger partial charge in [0.25, 0.3) is 11.6 Å². The second-order valence-electron chi connectivity index (χ2n) is 6.79. The molecule has 1 unspecified atom stereocenters. The summed E-state index contributed by atoms with van der Waals surface area (Å²) in [6, 6.07) is 17.1. The highest BCUT2D eigenvalue weighted by molar-refractivity contribution is 6.33. The first-order chi connectivity index (χ1) is 14.9. The van der Waals surface area contributed by atoms with Crippen molar-refractivity contribution >= 4 is 34.5 Å². The lowest BCUT2D eigenvalue weighted by atomic mass is 10.1. The van der Waals surface area contributed by atoms with Gasteiger partial charge in [0.05, 0.1) is 27.5 Å². The quantitative estimate of drug-likeness (QED) is 0.340. The summed E-state index contributed by atoms with van der Waals surface area (Å²) in [6.45, 7) is 1.65. The van der Waals surface area contributed by atoms with Gasteiger partial charge in [0.15, 0.2) is 6.10 Å². The van der Waals surface area contributed by atoms with Crippen LogP contribution in [0.5, 0.6) is 5.75 Å². The van der Waals surface area contributed by atoms with Crippen molar-refractivity contribution < 1.29 is 14.5 Å². The highest BCUT2D eigenvalue weighted by Gasteiger charge is 2.16. The van der Waals surface area contributed by atoms with Gasteiger partial charge >= 0.3 is 0 Å². The number of amides is 1. The molecular formula is C22H17ClN4O4. The molecule has 1 N–H and O–H groups in total. The van der Waals surface area contributed by atoms with Gasteiger partial charge in [0, 0.05) is 17.8 Å². The molecule has 2 heterocycles. The lowest BCUT2D eigenvalue weighted by Gasteiger charge is -2.15. The molecule has 0 fully saturated rings. The van der Waals surface area contributed by atoms with Crippen molar-refractivity contribution in [3.8, 4) is 17.0 Å². The maximum absolute atomic E-state index is 12.4. The van der Waals surface area contributed by atoms with Crippen LogP contribution < -0.4 is 10.1 Å². The lowest BCUT2D eigenvalue weighted by molar-refractivity contribution is -0.385. The Labute approximate surface area is 182 Å². The minimum Gasteiger partial charge on any atom is -0.481 e. The summed E-state index contributed by atoms with van der Waals surface area (Å²) >= 11 is 6.07. The summed E-state index contributed by atoms with van der Waals surface area (Å²) in [5.41, 5.74) is 2.59. The average Bonchev–Trinajstić information content (AvgIpc) is 3.19. The van der Waals surface area contributed by atoms with Crippen LogP contribution in [0.3, 0.4) is 0 Å². The minimum absolute atomic E-state index is 0.00995. The van der Waals surface area contributed by atoms with Gasteiger partial charge < -0.3 is 10.1 Å². The number of para-hydroxylation sites is 1. The van der Waals surface area contributed by atoms with Crippen LogP contribution in [0, 0.1) is 10.1 Å². The van der Waals surface area contributed by atoms with Crippen LogP contribution >= 0.6 is 11.6 Å². The number of nitrogens with one attached hydrogen (secondary N) is 1. The maximum atomic E-state index is 12.4. The predicted octanol–water partition coefficient (Wildman–Crippen LogP) is 4.97. The van der Waals surface area contributed by atoms with Gasteiger partial charge in [-0.1, -0.05) is 23.7 Å². The monoisotopic (exact) mass is 436 g/mol. The number of nitro groups is 1. The molecule has 0 saturated heterocycles. The van der Waals surface area contributed by atoms with Crippen molar-refractivity contribution in [3.05, 3.63) is 88.2 Å². The van der Waals surface area contributed by atoms with E-state index in [1.54, 1.807) is 60.0 Å². The Morgan fingerprint density at radius 1 is 1.13 bits per heavy atom. The van der Waals surface area contributed by atoms with E-state index in [-0.39, 0.29) is 11.6 Å². The number of carbonyl (C=O) groups is 1. The van der Waals surface area contributed by atoms with Crippen molar-refractivity contribution in [1.29, 1.82) is 0 Å². The van der Waals surface area contributed by atoms with E-state index in [0.29, 0.717) is 27.8 Å². The highest BCUT2D eigenvalue weighted by atomic mass is 35.5. The first kappa shape index (κ1) is 20.4. The number of carbonyl (C=O) groups excluding carboxylic acids is 1. The molecule has 4 rings (SSSR count). The van der Waals surface area contributed by atoms with Crippen LogP contribution in [-0.2, 0) is 4.79 Å². The topological polar surface area (TPSA) is 98.8 Å². The Morgan fingerprint density at radius 2 is 1.87 bits per heavy atom. The number of imidazole rings is 1. The molecule has 0 radical (unpaired) electrons. The number of halogens is 1. The molecule has 0 bridgehead atoms. The fourth-order valence-electron chi connectivity index (χ4n) is 2.99. The number of pyridine rings is 1. The predicted molar refractivity (Wildman–Crippen MR) is 117 cm³/mol. The van der Waals surface area contributed by atoms with Crippen molar-refractivity contribution in [2.45, 2.75) is 13.0 Å². The average molecular weight is 437 g/mol. The summed E-state index contributed by atoms with van der Waals surface area (Å²) in [5, 5.41) is 14.1. The molecule has 0 aliphatic rings. The van der Waals surface area contributed by atoms with Gasteiger partial charge in [0.1, 0.15) is 11.4 Å². The first-order valence-corrected chi connectivity index (χ1v) is 9.74. The molecule has 4 aromatic rings. The van der Waals surface area contributed by atoms with Crippen molar-refractivity contribution in [3.63, 3.8) is 0 Å². The molecule has 9 heteroatoms. The SMILES string of the molecule is CC(Oc1ccc(-c2cn3cc([N+](=O)[O-])ccc3n2)cc1)C(=O)Nc1ccccc1Cl. The van der Waals surface area contributed by atoms with E-state index in [1.807, 2.05) is 12.1 Å². The molecule has 156 valence electrons. The largest absolute Gasteiger partial charge is 0.481 e. The molecule has 0 aliphatic carbocycles. The molecule has 0 spiro atoms. The Bertz CT molecular complexity index is 1270. The van der Waals surface area contributed by atoms with E-state index in [1.165, 1.54) is 12.3 Å². The molecule has 1 atom stereocenters. The number of ether oxygens (including phenoxy) is 1. The Hall–Kier alpha value is -3.91. The van der Waals surface area contributed by atoms with E-state index < -0.39 is 11.0 Å². The molecule has 0 aliphatic heterocycles. The summed E-state index contributed by atoms with van der Waals surface area (Å²) in [7, 11) is 0. The second-order valence-corrected chi connectivity index (χ2v) is 7.20. The lowest BCUT2D eigenvalue weighted by Crippen LogP contribution is -2.30. The molecule has 0 saturated carbocycles. The van der Waals surface area contributed by atoms with Gasteiger partial charge in [-0.15, -0.1) is 0 Å². The minimum atomic E-state index is -0.738.